The summed E-state index contributed by atoms with van der Waals surface area (Å²) in [4.78, 5) is 27.1. The van der Waals surface area contributed by atoms with Gasteiger partial charge in [-0.1, -0.05) is 25.5 Å². The van der Waals surface area contributed by atoms with Crippen LogP contribution in [-0.2, 0) is 9.59 Å². The fraction of sp³-hybridized carbons (Fsp3) is 0.750. The zero-order valence-corrected chi connectivity index (χ0v) is 13.2. The maximum Gasteiger partial charge on any atom is 0.246 e. The lowest BCUT2D eigenvalue weighted by molar-refractivity contribution is -0.158. The standard InChI is InChI=1S/C16H26N2O2/c1-10(2)8-9-18-14(19)13(11(3)4)17-15(20)16(18,5)12-6-7-12/h8,11-13H,6-7,9H2,1-5H3,(H,17,20). The van der Waals surface area contributed by atoms with Gasteiger partial charge >= 0.3 is 0 Å². The van der Waals surface area contributed by atoms with Gasteiger partial charge in [0.1, 0.15) is 11.6 Å². The summed E-state index contributed by atoms with van der Waals surface area (Å²) >= 11 is 0. The summed E-state index contributed by atoms with van der Waals surface area (Å²) in [6.07, 6.45) is 4.11. The predicted octanol–water partition coefficient (Wildman–Crippen LogP) is 2.10. The molecular formula is C16H26N2O2. The molecule has 1 aliphatic heterocycles. The van der Waals surface area contributed by atoms with Crippen molar-refractivity contribution >= 4 is 11.8 Å². The molecule has 1 heterocycles. The Labute approximate surface area is 121 Å². The van der Waals surface area contributed by atoms with E-state index in [0.29, 0.717) is 12.5 Å². The quantitative estimate of drug-likeness (QED) is 0.801. The van der Waals surface area contributed by atoms with Gasteiger partial charge in [0.05, 0.1) is 0 Å². The Hall–Kier alpha value is -1.32. The lowest BCUT2D eigenvalue weighted by Gasteiger charge is -2.47. The van der Waals surface area contributed by atoms with Crippen molar-refractivity contribution in [1.29, 1.82) is 0 Å². The number of amides is 2. The molecule has 1 N–H and O–H groups in total. The third-order valence-corrected chi connectivity index (χ3v) is 4.56. The monoisotopic (exact) mass is 278 g/mol. The second-order valence-corrected chi connectivity index (χ2v) is 6.85. The van der Waals surface area contributed by atoms with Crippen molar-refractivity contribution in [3.05, 3.63) is 11.6 Å². The van der Waals surface area contributed by atoms with Gasteiger partial charge in [-0.2, -0.15) is 0 Å². The van der Waals surface area contributed by atoms with E-state index >= 15 is 0 Å². The first-order chi connectivity index (χ1) is 9.28. The highest BCUT2D eigenvalue weighted by molar-refractivity contribution is 6.00. The molecule has 4 nitrogen and oxygen atoms in total. The molecule has 112 valence electrons. The molecule has 2 unspecified atom stereocenters. The summed E-state index contributed by atoms with van der Waals surface area (Å²) in [5, 5.41) is 2.94. The number of rotatable bonds is 4. The number of carbonyl (C=O) groups excluding carboxylic acids is 2. The van der Waals surface area contributed by atoms with Gasteiger partial charge in [-0.3, -0.25) is 9.59 Å². The zero-order valence-electron chi connectivity index (χ0n) is 13.2. The molecule has 20 heavy (non-hydrogen) atoms. The first kappa shape index (κ1) is 15.1. The van der Waals surface area contributed by atoms with E-state index in [1.54, 1.807) is 4.90 Å². The molecule has 1 aliphatic carbocycles. The third kappa shape index (κ3) is 2.48. The Bertz CT molecular complexity index is 447. The van der Waals surface area contributed by atoms with Crippen molar-refractivity contribution in [3.63, 3.8) is 0 Å². The highest BCUT2D eigenvalue weighted by Gasteiger charge is 2.57. The topological polar surface area (TPSA) is 49.4 Å². The van der Waals surface area contributed by atoms with Gasteiger partial charge in [0.25, 0.3) is 0 Å². The van der Waals surface area contributed by atoms with Crippen LogP contribution < -0.4 is 5.32 Å². The van der Waals surface area contributed by atoms with Crippen LogP contribution in [0.15, 0.2) is 11.6 Å². The first-order valence-corrected chi connectivity index (χ1v) is 7.54. The van der Waals surface area contributed by atoms with Crippen molar-refractivity contribution in [1.82, 2.24) is 10.2 Å². The van der Waals surface area contributed by atoms with Gasteiger partial charge in [0.2, 0.25) is 11.8 Å². The van der Waals surface area contributed by atoms with Gasteiger partial charge < -0.3 is 10.2 Å². The number of hydrogen-bond acceptors (Lipinski definition) is 2. The van der Waals surface area contributed by atoms with Gasteiger partial charge in [-0.05, 0) is 45.4 Å². The molecule has 2 atom stereocenters. The summed E-state index contributed by atoms with van der Waals surface area (Å²) in [6.45, 7) is 10.4. The molecule has 1 saturated carbocycles. The molecule has 2 fully saturated rings. The molecule has 0 aromatic heterocycles. The van der Waals surface area contributed by atoms with Crippen LogP contribution in [0, 0.1) is 11.8 Å². The van der Waals surface area contributed by atoms with Crippen LogP contribution in [0.5, 0.6) is 0 Å². The molecule has 0 radical (unpaired) electrons. The molecule has 2 rings (SSSR count). The molecule has 0 bridgehead atoms. The molecule has 2 aliphatic rings. The first-order valence-electron chi connectivity index (χ1n) is 7.54. The summed E-state index contributed by atoms with van der Waals surface area (Å²) in [6, 6.07) is -0.389. The zero-order chi connectivity index (χ0) is 15.1. The van der Waals surface area contributed by atoms with Gasteiger partial charge in [-0.25, -0.2) is 0 Å². The van der Waals surface area contributed by atoms with Crippen molar-refractivity contribution in [3.8, 4) is 0 Å². The molecule has 2 amide bonds. The fourth-order valence-electron chi connectivity index (χ4n) is 2.92. The summed E-state index contributed by atoms with van der Waals surface area (Å²) in [5.41, 5.74) is 0.497. The number of piperazine rings is 1. The van der Waals surface area contributed by atoms with Crippen LogP contribution >= 0.6 is 0 Å². The summed E-state index contributed by atoms with van der Waals surface area (Å²) in [5.74, 6) is 0.501. The molecule has 1 saturated heterocycles. The predicted molar refractivity (Wildman–Crippen MR) is 79.0 cm³/mol. The van der Waals surface area contributed by atoms with Crippen LogP contribution in [0.3, 0.4) is 0 Å². The van der Waals surface area contributed by atoms with Gasteiger partial charge in [0, 0.05) is 6.54 Å². The molecular weight excluding hydrogens is 252 g/mol. The van der Waals surface area contributed by atoms with E-state index in [2.05, 4.69) is 5.32 Å². The number of allylic oxidation sites excluding steroid dienone is 1. The number of carbonyl (C=O) groups is 2. The number of nitrogens with zero attached hydrogens (tertiary/aromatic N) is 1. The van der Waals surface area contributed by atoms with E-state index in [1.807, 2.05) is 40.7 Å². The average Bonchev–Trinajstić information content (AvgIpc) is 3.17. The normalized spacial score (nSPS) is 30.5. The Balaban J connectivity index is 2.33. The van der Waals surface area contributed by atoms with Crippen LogP contribution in [0.2, 0.25) is 0 Å². The summed E-state index contributed by atoms with van der Waals surface area (Å²) < 4.78 is 0. The van der Waals surface area contributed by atoms with Crippen molar-refractivity contribution in [2.24, 2.45) is 11.8 Å². The average molecular weight is 278 g/mol. The Kier molecular flexibility index (Phi) is 3.94. The van der Waals surface area contributed by atoms with E-state index in [-0.39, 0.29) is 23.8 Å². The minimum Gasteiger partial charge on any atom is -0.342 e. The Morgan fingerprint density at radius 2 is 2.00 bits per heavy atom. The smallest absolute Gasteiger partial charge is 0.246 e. The minimum absolute atomic E-state index is 0.0143. The Morgan fingerprint density at radius 3 is 2.45 bits per heavy atom. The van der Waals surface area contributed by atoms with Crippen LogP contribution in [-0.4, -0.2) is 34.8 Å². The van der Waals surface area contributed by atoms with Crippen LogP contribution in [0.1, 0.15) is 47.5 Å². The maximum absolute atomic E-state index is 12.8. The van der Waals surface area contributed by atoms with Gasteiger partial charge in [0.15, 0.2) is 0 Å². The second-order valence-electron chi connectivity index (χ2n) is 6.85. The van der Waals surface area contributed by atoms with E-state index in [1.165, 1.54) is 5.57 Å². The van der Waals surface area contributed by atoms with E-state index < -0.39 is 5.54 Å². The Morgan fingerprint density at radius 1 is 1.40 bits per heavy atom. The van der Waals surface area contributed by atoms with Crippen LogP contribution in [0.25, 0.3) is 0 Å². The second kappa shape index (κ2) is 5.23. The third-order valence-electron chi connectivity index (χ3n) is 4.56. The lowest BCUT2D eigenvalue weighted by atomic mass is 9.86. The molecule has 0 spiro atoms. The molecule has 0 aromatic rings. The molecule has 0 aromatic carbocycles. The summed E-state index contributed by atoms with van der Waals surface area (Å²) in [7, 11) is 0. The van der Waals surface area contributed by atoms with Crippen molar-refractivity contribution in [2.75, 3.05) is 6.54 Å². The largest absolute Gasteiger partial charge is 0.342 e. The fourth-order valence-corrected chi connectivity index (χ4v) is 2.92. The van der Waals surface area contributed by atoms with Crippen molar-refractivity contribution in [2.45, 2.75) is 59.0 Å². The van der Waals surface area contributed by atoms with E-state index in [0.717, 1.165) is 12.8 Å². The SMILES string of the molecule is CC(C)=CCN1C(=O)C(C(C)C)NC(=O)C1(C)C1CC1. The minimum atomic E-state index is -0.672. The van der Waals surface area contributed by atoms with Crippen molar-refractivity contribution < 1.29 is 9.59 Å². The van der Waals surface area contributed by atoms with Gasteiger partial charge in [-0.15, -0.1) is 0 Å². The highest BCUT2D eigenvalue weighted by Crippen LogP contribution is 2.45. The van der Waals surface area contributed by atoms with E-state index in [4.69, 9.17) is 0 Å². The number of hydrogen-bond donors (Lipinski definition) is 1. The maximum atomic E-state index is 12.8. The number of nitrogens with one attached hydrogen (secondary N) is 1. The molecule has 4 heteroatoms. The lowest BCUT2D eigenvalue weighted by Crippen LogP contribution is -2.71. The van der Waals surface area contributed by atoms with Crippen LogP contribution in [0.4, 0.5) is 0 Å². The highest BCUT2D eigenvalue weighted by atomic mass is 16.2. The van der Waals surface area contributed by atoms with E-state index in [9.17, 15) is 9.59 Å².